The topological polar surface area (TPSA) is 35.5 Å². The lowest BCUT2D eigenvalue weighted by molar-refractivity contribution is 0.105. The molecule has 5 heteroatoms. The first-order valence-corrected chi connectivity index (χ1v) is 9.24. The van der Waals surface area contributed by atoms with Crippen LogP contribution < -0.4 is 0 Å². The van der Waals surface area contributed by atoms with E-state index < -0.39 is 0 Å². The third kappa shape index (κ3) is 3.73. The predicted octanol–water partition coefficient (Wildman–Crippen LogP) is 2.10. The molecule has 0 amide bonds. The fraction of sp³-hybridized carbons (Fsp3) is 0.500. The molecule has 1 unspecified atom stereocenters. The van der Waals surface area contributed by atoms with Gasteiger partial charge in [-0.1, -0.05) is 30.3 Å². The molecule has 1 saturated heterocycles. The number of benzene rings is 1. The van der Waals surface area contributed by atoms with Crippen LogP contribution in [0.5, 0.6) is 0 Å². The Morgan fingerprint density at radius 3 is 2.56 bits per heavy atom. The highest BCUT2D eigenvalue weighted by molar-refractivity contribution is 5.54. The van der Waals surface area contributed by atoms with Crippen LogP contribution in [-0.2, 0) is 13.1 Å². The minimum absolute atomic E-state index is 0.540. The molecule has 0 bridgehead atoms. The Hall–Kier alpha value is -1.82. The zero-order valence-electron chi connectivity index (χ0n) is 15.2. The average molecular weight is 337 g/mol. The van der Waals surface area contributed by atoms with Gasteiger partial charge in [0.05, 0.1) is 5.69 Å². The largest absolute Gasteiger partial charge is 0.304 e. The van der Waals surface area contributed by atoms with Crippen molar-refractivity contribution >= 4 is 0 Å². The minimum atomic E-state index is 0.540. The summed E-state index contributed by atoms with van der Waals surface area (Å²) >= 11 is 0. The van der Waals surface area contributed by atoms with Gasteiger partial charge in [0.15, 0.2) is 5.82 Å². The van der Waals surface area contributed by atoms with E-state index in [1.54, 1.807) is 0 Å². The molecule has 1 aromatic carbocycles. The predicted molar refractivity (Wildman–Crippen MR) is 100 cm³/mol. The van der Waals surface area contributed by atoms with Crippen molar-refractivity contribution < 1.29 is 0 Å². The molecule has 0 aliphatic carbocycles. The van der Waals surface area contributed by atoms with Crippen LogP contribution in [0.15, 0.2) is 36.5 Å². The third-order valence-electron chi connectivity index (χ3n) is 5.45. The molecule has 25 heavy (non-hydrogen) atoms. The van der Waals surface area contributed by atoms with E-state index in [9.17, 15) is 0 Å². The first kappa shape index (κ1) is 16.6. The van der Waals surface area contributed by atoms with Gasteiger partial charge < -0.3 is 4.90 Å². The molecule has 1 atom stereocenters. The van der Waals surface area contributed by atoms with Gasteiger partial charge in [0.1, 0.15) is 0 Å². The fourth-order valence-electron chi connectivity index (χ4n) is 3.74. The van der Waals surface area contributed by atoms with Crippen molar-refractivity contribution in [1.29, 1.82) is 0 Å². The highest BCUT2D eigenvalue weighted by Crippen LogP contribution is 2.25. The van der Waals surface area contributed by atoms with Crippen LogP contribution in [0, 0.1) is 0 Å². The van der Waals surface area contributed by atoms with Crippen molar-refractivity contribution in [2.45, 2.75) is 26.1 Å². The van der Waals surface area contributed by atoms with Crippen molar-refractivity contribution in [1.82, 2.24) is 24.7 Å². The van der Waals surface area contributed by atoms with E-state index in [1.165, 1.54) is 37.4 Å². The Morgan fingerprint density at radius 2 is 1.80 bits per heavy atom. The molecular weight excluding hydrogens is 310 g/mol. The van der Waals surface area contributed by atoms with Crippen molar-refractivity contribution in [2.24, 2.45) is 0 Å². The highest BCUT2D eigenvalue weighted by atomic mass is 15.3. The fourth-order valence-corrected chi connectivity index (χ4v) is 3.74. The lowest BCUT2D eigenvalue weighted by Gasteiger charge is -2.36. The van der Waals surface area contributed by atoms with E-state index in [0.717, 1.165) is 31.0 Å². The van der Waals surface area contributed by atoms with Crippen molar-refractivity contribution in [3.05, 3.63) is 47.8 Å². The molecule has 132 valence electrons. The molecule has 2 aliphatic rings. The van der Waals surface area contributed by atoms with Crippen LogP contribution in [0.1, 0.15) is 18.2 Å². The number of hydrogen-bond donors (Lipinski definition) is 0. The number of piperazine rings is 1. The summed E-state index contributed by atoms with van der Waals surface area (Å²) in [6.07, 6.45) is 2.02. The van der Waals surface area contributed by atoms with Gasteiger partial charge in [-0.05, 0) is 14.0 Å². The molecule has 4 rings (SSSR count). The van der Waals surface area contributed by atoms with Crippen molar-refractivity contribution in [3.63, 3.8) is 0 Å². The summed E-state index contributed by atoms with van der Waals surface area (Å²) < 4.78 is 0. The smallest absolute Gasteiger partial charge is 0.159 e. The Morgan fingerprint density at radius 1 is 1.04 bits per heavy atom. The van der Waals surface area contributed by atoms with Crippen LogP contribution in [0.3, 0.4) is 0 Å². The summed E-state index contributed by atoms with van der Waals surface area (Å²) in [6.45, 7) is 10.1. The Labute approximate surface area is 150 Å². The molecule has 2 aliphatic heterocycles. The van der Waals surface area contributed by atoms with E-state index in [2.05, 4.69) is 45.8 Å². The molecule has 2 aromatic rings. The first-order chi connectivity index (χ1) is 12.2. The SMILES string of the molecule is CC(CN1CCN(C)CC1)N1Cc2cnc(-c3ccccc3)nc2C1. The van der Waals surface area contributed by atoms with Crippen molar-refractivity contribution in [3.8, 4) is 11.4 Å². The van der Waals surface area contributed by atoms with Gasteiger partial charge in [-0.2, -0.15) is 0 Å². The Bertz CT molecular complexity index is 709. The lowest BCUT2D eigenvalue weighted by atomic mass is 10.2. The molecule has 0 spiro atoms. The maximum atomic E-state index is 4.84. The first-order valence-electron chi connectivity index (χ1n) is 9.24. The van der Waals surface area contributed by atoms with E-state index in [1.807, 2.05) is 24.4 Å². The summed E-state index contributed by atoms with van der Waals surface area (Å²) in [5.41, 5.74) is 3.57. The zero-order valence-corrected chi connectivity index (χ0v) is 15.2. The van der Waals surface area contributed by atoms with Gasteiger partial charge >= 0.3 is 0 Å². The monoisotopic (exact) mass is 337 g/mol. The van der Waals surface area contributed by atoms with E-state index in [4.69, 9.17) is 4.98 Å². The van der Waals surface area contributed by atoms with E-state index in [-0.39, 0.29) is 0 Å². The standard InChI is InChI=1S/C20H27N5/c1-16(13-24-10-8-23(2)9-11-24)25-14-18-12-21-20(22-19(18)15-25)17-6-4-3-5-7-17/h3-7,12,16H,8-11,13-15H2,1-2H3. The molecule has 1 fully saturated rings. The minimum Gasteiger partial charge on any atom is -0.304 e. The number of aromatic nitrogens is 2. The second-order valence-corrected chi connectivity index (χ2v) is 7.39. The summed E-state index contributed by atoms with van der Waals surface area (Å²) in [6, 6.07) is 10.8. The number of nitrogens with zero attached hydrogens (tertiary/aromatic N) is 5. The second kappa shape index (κ2) is 7.20. The van der Waals surface area contributed by atoms with E-state index in [0.29, 0.717) is 6.04 Å². The van der Waals surface area contributed by atoms with Crippen LogP contribution in [0.2, 0.25) is 0 Å². The summed E-state index contributed by atoms with van der Waals surface area (Å²) in [7, 11) is 2.21. The quantitative estimate of drug-likeness (QED) is 0.854. The zero-order chi connectivity index (χ0) is 17.2. The summed E-state index contributed by atoms with van der Waals surface area (Å²) in [4.78, 5) is 17.0. The molecule has 0 saturated carbocycles. The van der Waals surface area contributed by atoms with Gasteiger partial charge in [-0.25, -0.2) is 9.97 Å². The van der Waals surface area contributed by atoms with Crippen LogP contribution in [0.25, 0.3) is 11.4 Å². The van der Waals surface area contributed by atoms with Gasteiger partial charge in [0.25, 0.3) is 0 Å². The van der Waals surface area contributed by atoms with Gasteiger partial charge in [0.2, 0.25) is 0 Å². The normalized spacial score (nSPS) is 20.6. The van der Waals surface area contributed by atoms with Gasteiger partial charge in [0, 0.05) is 69.2 Å². The van der Waals surface area contributed by atoms with Gasteiger partial charge in [-0.3, -0.25) is 9.80 Å². The summed E-state index contributed by atoms with van der Waals surface area (Å²) in [5.74, 6) is 0.841. The second-order valence-electron chi connectivity index (χ2n) is 7.39. The molecule has 1 aromatic heterocycles. The molecular formula is C20H27N5. The van der Waals surface area contributed by atoms with Crippen LogP contribution >= 0.6 is 0 Å². The Balaban J connectivity index is 1.41. The number of likely N-dealkylation sites (N-methyl/N-ethyl adjacent to an activating group) is 1. The lowest BCUT2D eigenvalue weighted by Crippen LogP contribution is -2.49. The van der Waals surface area contributed by atoms with E-state index >= 15 is 0 Å². The van der Waals surface area contributed by atoms with Crippen molar-refractivity contribution in [2.75, 3.05) is 39.8 Å². The molecule has 3 heterocycles. The Kier molecular flexibility index (Phi) is 4.79. The van der Waals surface area contributed by atoms with Gasteiger partial charge in [-0.15, -0.1) is 0 Å². The van der Waals surface area contributed by atoms with Crippen LogP contribution in [0.4, 0.5) is 0 Å². The molecule has 5 nitrogen and oxygen atoms in total. The number of hydrogen-bond acceptors (Lipinski definition) is 5. The maximum Gasteiger partial charge on any atom is 0.159 e. The highest BCUT2D eigenvalue weighted by Gasteiger charge is 2.27. The molecule has 0 radical (unpaired) electrons. The molecule has 0 N–H and O–H groups in total. The summed E-state index contributed by atoms with van der Waals surface area (Å²) in [5, 5.41) is 0. The van der Waals surface area contributed by atoms with Crippen LogP contribution in [-0.4, -0.2) is 70.5 Å². The average Bonchev–Trinajstić information content (AvgIpc) is 3.08. The maximum absolute atomic E-state index is 4.84. The third-order valence-corrected chi connectivity index (χ3v) is 5.45. The number of rotatable bonds is 4. The number of fused-ring (bicyclic) bond motifs is 1.